The van der Waals surface area contributed by atoms with Crippen LogP contribution in [0.5, 0.6) is 5.75 Å². The fourth-order valence-corrected chi connectivity index (χ4v) is 5.06. The lowest BCUT2D eigenvalue weighted by Gasteiger charge is -2.22. The Labute approximate surface area is 227 Å². The number of hydrogen-bond acceptors (Lipinski definition) is 8. The van der Waals surface area contributed by atoms with E-state index < -0.39 is 4.92 Å². The van der Waals surface area contributed by atoms with Crippen molar-refractivity contribution in [2.45, 2.75) is 19.4 Å². The average Bonchev–Trinajstić information content (AvgIpc) is 3.31. The monoisotopic (exact) mass is 525 g/mol. The van der Waals surface area contributed by atoms with E-state index in [9.17, 15) is 10.1 Å². The van der Waals surface area contributed by atoms with Gasteiger partial charge in [-0.1, -0.05) is 24.1 Å². The molecule has 0 saturated carbocycles. The number of nitro benzene ring substituents is 1. The first-order chi connectivity index (χ1) is 18.8. The topological polar surface area (TPSA) is 102 Å². The Bertz CT molecular complexity index is 1600. The number of rotatable bonds is 9. The van der Waals surface area contributed by atoms with Crippen LogP contribution in [-0.4, -0.2) is 65.7 Å². The predicted octanol–water partition coefficient (Wildman–Crippen LogP) is 4.68. The van der Waals surface area contributed by atoms with Crippen LogP contribution < -0.4 is 15.0 Å². The molecular weight excluding hydrogens is 494 g/mol. The van der Waals surface area contributed by atoms with Gasteiger partial charge in [0.2, 0.25) is 5.95 Å². The van der Waals surface area contributed by atoms with Gasteiger partial charge in [0.1, 0.15) is 11.4 Å². The second-order valence-electron chi connectivity index (χ2n) is 9.90. The van der Waals surface area contributed by atoms with E-state index in [1.54, 1.807) is 12.3 Å². The van der Waals surface area contributed by atoms with Crippen molar-refractivity contribution in [3.05, 3.63) is 64.0 Å². The van der Waals surface area contributed by atoms with Gasteiger partial charge in [-0.2, -0.15) is 0 Å². The van der Waals surface area contributed by atoms with Gasteiger partial charge in [-0.15, -0.1) is 6.42 Å². The van der Waals surface area contributed by atoms with E-state index in [4.69, 9.17) is 16.1 Å². The molecule has 2 aromatic carbocycles. The molecule has 1 N–H and O–H groups in total. The van der Waals surface area contributed by atoms with Gasteiger partial charge in [0.05, 0.1) is 34.5 Å². The number of terminal acetylenes is 1. The summed E-state index contributed by atoms with van der Waals surface area (Å²) < 4.78 is 7.87. The number of nitrogens with zero attached hydrogens (tertiary/aromatic N) is 6. The van der Waals surface area contributed by atoms with E-state index in [0.717, 1.165) is 36.9 Å². The molecule has 0 aliphatic carbocycles. The summed E-state index contributed by atoms with van der Waals surface area (Å²) >= 11 is 0. The Morgan fingerprint density at radius 3 is 2.79 bits per heavy atom. The van der Waals surface area contributed by atoms with Crippen LogP contribution in [0.15, 0.2) is 42.7 Å². The minimum atomic E-state index is -0.395. The van der Waals surface area contributed by atoms with Gasteiger partial charge in [-0.3, -0.25) is 10.1 Å². The van der Waals surface area contributed by atoms with Gasteiger partial charge in [0, 0.05) is 62.2 Å². The number of para-hydroxylation sites is 1. The smallest absolute Gasteiger partial charge is 0.294 e. The Balaban J connectivity index is 1.56. The Hall–Kier alpha value is -4.62. The Morgan fingerprint density at radius 2 is 2.08 bits per heavy atom. The van der Waals surface area contributed by atoms with Crippen molar-refractivity contribution in [1.29, 1.82) is 0 Å². The van der Waals surface area contributed by atoms with Crippen molar-refractivity contribution < 1.29 is 9.66 Å². The van der Waals surface area contributed by atoms with Crippen LogP contribution in [0.4, 0.5) is 23.0 Å². The van der Waals surface area contributed by atoms with Gasteiger partial charge in [0.25, 0.3) is 5.69 Å². The quantitative estimate of drug-likeness (QED) is 0.191. The molecule has 39 heavy (non-hydrogen) atoms. The van der Waals surface area contributed by atoms with E-state index in [2.05, 4.69) is 45.2 Å². The number of methoxy groups -OCH3 is 1. The Kier molecular flexibility index (Phi) is 7.09. The van der Waals surface area contributed by atoms with Gasteiger partial charge < -0.3 is 24.4 Å². The highest BCUT2D eigenvalue weighted by atomic mass is 16.6. The molecule has 4 aromatic rings. The van der Waals surface area contributed by atoms with Crippen molar-refractivity contribution in [2.24, 2.45) is 0 Å². The molecule has 0 amide bonds. The largest absolute Gasteiger partial charge is 0.494 e. The zero-order valence-corrected chi connectivity index (χ0v) is 22.6. The van der Waals surface area contributed by atoms with E-state index in [1.165, 1.54) is 24.3 Å². The highest BCUT2D eigenvalue weighted by Crippen LogP contribution is 2.40. The van der Waals surface area contributed by atoms with Crippen LogP contribution in [0.1, 0.15) is 17.5 Å². The first-order valence-electron chi connectivity index (χ1n) is 12.7. The van der Waals surface area contributed by atoms with Crippen LogP contribution in [0.25, 0.3) is 22.2 Å². The number of aryl methyl sites for hydroxylation is 2. The summed E-state index contributed by atoms with van der Waals surface area (Å²) in [4.78, 5) is 24.7. The molecule has 0 radical (unpaired) electrons. The second kappa shape index (κ2) is 10.6. The van der Waals surface area contributed by atoms with Gasteiger partial charge >= 0.3 is 0 Å². The zero-order chi connectivity index (χ0) is 27.7. The lowest BCUT2D eigenvalue weighted by Crippen LogP contribution is -2.28. The lowest BCUT2D eigenvalue weighted by atomic mass is 10.0. The maximum atomic E-state index is 12.0. The molecule has 3 heterocycles. The van der Waals surface area contributed by atoms with E-state index >= 15 is 0 Å². The predicted molar refractivity (Wildman–Crippen MR) is 154 cm³/mol. The highest BCUT2D eigenvalue weighted by molar-refractivity contribution is 5.98. The maximum Gasteiger partial charge on any atom is 0.294 e. The molecule has 5 rings (SSSR count). The Morgan fingerprint density at radius 1 is 1.26 bits per heavy atom. The summed E-state index contributed by atoms with van der Waals surface area (Å²) in [7, 11) is 7.27. The van der Waals surface area contributed by atoms with Crippen molar-refractivity contribution in [1.82, 2.24) is 19.4 Å². The number of likely N-dealkylation sites (N-methyl/N-ethyl adjacent to an activating group) is 2. The van der Waals surface area contributed by atoms with Gasteiger partial charge in [-0.25, -0.2) is 9.97 Å². The molecule has 0 spiro atoms. The summed E-state index contributed by atoms with van der Waals surface area (Å²) in [5.41, 5.74) is 5.45. The van der Waals surface area contributed by atoms with Crippen molar-refractivity contribution in [2.75, 3.05) is 51.6 Å². The van der Waals surface area contributed by atoms with Crippen molar-refractivity contribution >= 4 is 33.9 Å². The van der Waals surface area contributed by atoms with E-state index in [0.29, 0.717) is 34.9 Å². The second-order valence-corrected chi connectivity index (χ2v) is 9.90. The number of hydrogen-bond donors (Lipinski definition) is 1. The SMILES string of the molecule is C#Cc1cnc(Nc2cc([N+](=O)[O-])c(N(C)CCN(C)C)cc2OC)nc1-c1cn2c3c(cccc13)CCC2. The molecule has 0 atom stereocenters. The molecule has 10 nitrogen and oxygen atoms in total. The van der Waals surface area contributed by atoms with Crippen LogP contribution in [-0.2, 0) is 13.0 Å². The molecule has 0 saturated heterocycles. The molecule has 1 aliphatic rings. The summed E-state index contributed by atoms with van der Waals surface area (Å²) in [5.74, 6) is 3.41. The molecule has 200 valence electrons. The van der Waals surface area contributed by atoms with Crippen LogP contribution in [0.2, 0.25) is 0 Å². The van der Waals surface area contributed by atoms with Crippen molar-refractivity contribution in [3.63, 3.8) is 0 Å². The van der Waals surface area contributed by atoms with Gasteiger partial charge in [-0.05, 0) is 32.5 Å². The average molecular weight is 526 g/mol. The number of nitro groups is 1. The third-order valence-electron chi connectivity index (χ3n) is 7.06. The number of anilines is 3. The summed E-state index contributed by atoms with van der Waals surface area (Å²) in [6.45, 7) is 2.29. The van der Waals surface area contributed by atoms with Gasteiger partial charge in [0.15, 0.2) is 0 Å². The number of nitrogens with one attached hydrogen (secondary N) is 1. The molecular formula is C29H31N7O3. The van der Waals surface area contributed by atoms with Crippen LogP contribution in [0.3, 0.4) is 0 Å². The maximum absolute atomic E-state index is 12.0. The standard InChI is InChI=1S/C29H31N7O3/c1-6-19-17-30-29(32-27(19)22-18-35-12-8-10-20-9-7-11-21(22)28(20)35)31-23-15-25(36(37)38)24(16-26(23)39-5)34(4)14-13-33(2)3/h1,7,9,11,15-18H,8,10,12-14H2,2-5H3,(H,30,31,32). The lowest BCUT2D eigenvalue weighted by molar-refractivity contribution is -0.384. The first-order valence-corrected chi connectivity index (χ1v) is 12.7. The molecule has 1 aliphatic heterocycles. The highest BCUT2D eigenvalue weighted by Gasteiger charge is 2.24. The first kappa shape index (κ1) is 26.0. The van der Waals surface area contributed by atoms with Crippen molar-refractivity contribution in [3.8, 4) is 29.4 Å². The summed E-state index contributed by atoms with van der Waals surface area (Å²) in [5, 5.41) is 16.2. The third-order valence-corrected chi connectivity index (χ3v) is 7.06. The molecule has 0 unspecified atom stereocenters. The summed E-state index contributed by atoms with van der Waals surface area (Å²) in [6, 6.07) is 9.44. The van der Waals surface area contributed by atoms with Crippen LogP contribution in [0, 0.1) is 22.5 Å². The van der Waals surface area contributed by atoms with E-state index in [-0.39, 0.29) is 11.6 Å². The molecule has 0 fully saturated rings. The van der Waals surface area contributed by atoms with E-state index in [1.807, 2.05) is 30.9 Å². The molecule has 2 aromatic heterocycles. The third kappa shape index (κ3) is 4.96. The zero-order valence-electron chi connectivity index (χ0n) is 22.6. The number of aromatic nitrogens is 3. The van der Waals surface area contributed by atoms with Crippen LogP contribution >= 0.6 is 0 Å². The fraction of sp³-hybridized carbons (Fsp3) is 0.310. The molecule has 10 heteroatoms. The minimum absolute atomic E-state index is 0.0472. The fourth-order valence-electron chi connectivity index (χ4n) is 5.06. The minimum Gasteiger partial charge on any atom is -0.494 e. The molecule has 0 bridgehead atoms. The summed E-state index contributed by atoms with van der Waals surface area (Å²) in [6.07, 6.45) is 11.7. The normalized spacial score (nSPS) is 12.4. The number of ether oxygens (including phenoxy) is 1. The number of benzene rings is 2.